The van der Waals surface area contributed by atoms with Crippen LogP contribution in [0.15, 0.2) is 16.9 Å². The quantitative estimate of drug-likeness (QED) is 0.874. The standard InChI is InChI=1S/C14H23NO2/c1-5-6-9-15-12(14(2,3)4)8-7-11(10-16)13(15)17/h7-8,16H,5-6,9-10H2,1-4H3. The maximum atomic E-state index is 12.2. The summed E-state index contributed by atoms with van der Waals surface area (Å²) in [5.41, 5.74) is 1.41. The lowest BCUT2D eigenvalue weighted by atomic mass is 9.90. The van der Waals surface area contributed by atoms with Gasteiger partial charge in [0.2, 0.25) is 0 Å². The molecule has 3 heteroatoms. The topological polar surface area (TPSA) is 42.2 Å². The van der Waals surface area contributed by atoms with E-state index in [0.29, 0.717) is 5.56 Å². The van der Waals surface area contributed by atoms with Crippen LogP contribution in [0.5, 0.6) is 0 Å². The van der Waals surface area contributed by atoms with Gasteiger partial charge in [-0.3, -0.25) is 4.79 Å². The highest BCUT2D eigenvalue weighted by atomic mass is 16.3. The second-order valence-corrected chi connectivity index (χ2v) is 5.46. The Kier molecular flexibility index (Phi) is 4.52. The van der Waals surface area contributed by atoms with Crippen LogP contribution >= 0.6 is 0 Å². The first kappa shape index (κ1) is 14.0. The highest BCUT2D eigenvalue weighted by Crippen LogP contribution is 2.21. The van der Waals surface area contributed by atoms with Crippen LogP contribution in [0.2, 0.25) is 0 Å². The zero-order valence-electron chi connectivity index (χ0n) is 11.3. The van der Waals surface area contributed by atoms with E-state index in [-0.39, 0.29) is 17.6 Å². The van der Waals surface area contributed by atoms with E-state index in [1.54, 1.807) is 6.07 Å². The van der Waals surface area contributed by atoms with Gasteiger partial charge in [0.1, 0.15) is 0 Å². The molecule has 0 fully saturated rings. The SMILES string of the molecule is CCCCn1c(C(C)(C)C)ccc(CO)c1=O. The Labute approximate surface area is 103 Å². The lowest BCUT2D eigenvalue weighted by Crippen LogP contribution is -2.31. The first-order chi connectivity index (χ1) is 7.91. The average Bonchev–Trinajstić information content (AvgIpc) is 2.25. The molecular weight excluding hydrogens is 214 g/mol. The molecule has 3 nitrogen and oxygen atoms in total. The van der Waals surface area contributed by atoms with Crippen molar-refractivity contribution in [2.75, 3.05) is 0 Å². The van der Waals surface area contributed by atoms with Crippen molar-refractivity contribution in [3.8, 4) is 0 Å². The van der Waals surface area contributed by atoms with E-state index in [2.05, 4.69) is 27.7 Å². The molecule has 0 aromatic carbocycles. The van der Waals surface area contributed by atoms with Gasteiger partial charge in [0.25, 0.3) is 5.56 Å². The monoisotopic (exact) mass is 237 g/mol. The predicted octanol–water partition coefficient (Wildman–Crippen LogP) is 2.44. The third kappa shape index (κ3) is 3.19. The van der Waals surface area contributed by atoms with Crippen LogP contribution in [0.25, 0.3) is 0 Å². The zero-order chi connectivity index (χ0) is 13.1. The van der Waals surface area contributed by atoms with E-state index >= 15 is 0 Å². The van der Waals surface area contributed by atoms with Crippen LogP contribution in [-0.2, 0) is 18.6 Å². The first-order valence-electron chi connectivity index (χ1n) is 6.26. The zero-order valence-corrected chi connectivity index (χ0v) is 11.3. The number of aromatic nitrogens is 1. The summed E-state index contributed by atoms with van der Waals surface area (Å²) < 4.78 is 1.81. The summed E-state index contributed by atoms with van der Waals surface area (Å²) in [7, 11) is 0. The highest BCUT2D eigenvalue weighted by molar-refractivity contribution is 5.21. The van der Waals surface area contributed by atoms with Gasteiger partial charge in [-0.05, 0) is 18.6 Å². The Hall–Kier alpha value is -1.09. The smallest absolute Gasteiger partial charge is 0.256 e. The second kappa shape index (κ2) is 5.50. The number of hydrogen-bond donors (Lipinski definition) is 1. The number of pyridine rings is 1. The predicted molar refractivity (Wildman–Crippen MR) is 70.2 cm³/mol. The van der Waals surface area contributed by atoms with Crippen molar-refractivity contribution in [1.82, 2.24) is 4.57 Å². The molecule has 0 bridgehead atoms. The van der Waals surface area contributed by atoms with Crippen LogP contribution in [-0.4, -0.2) is 9.67 Å². The minimum absolute atomic E-state index is 0.0478. The molecule has 0 aliphatic heterocycles. The number of aliphatic hydroxyl groups excluding tert-OH is 1. The van der Waals surface area contributed by atoms with Crippen LogP contribution in [0.3, 0.4) is 0 Å². The van der Waals surface area contributed by atoms with Crippen LogP contribution in [0.4, 0.5) is 0 Å². The molecule has 0 aliphatic rings. The lowest BCUT2D eigenvalue weighted by Gasteiger charge is -2.24. The van der Waals surface area contributed by atoms with Gasteiger partial charge in [0, 0.05) is 23.2 Å². The van der Waals surface area contributed by atoms with Gasteiger partial charge in [-0.25, -0.2) is 0 Å². The Bertz CT molecular complexity index is 427. The minimum atomic E-state index is -0.185. The van der Waals surface area contributed by atoms with E-state index in [0.717, 1.165) is 25.1 Å². The van der Waals surface area contributed by atoms with Gasteiger partial charge >= 0.3 is 0 Å². The summed E-state index contributed by atoms with van der Waals surface area (Å²) in [4.78, 5) is 12.2. The summed E-state index contributed by atoms with van der Waals surface area (Å²) >= 11 is 0. The maximum absolute atomic E-state index is 12.2. The van der Waals surface area contributed by atoms with E-state index < -0.39 is 0 Å². The number of hydrogen-bond acceptors (Lipinski definition) is 2. The molecule has 0 unspecified atom stereocenters. The van der Waals surface area contributed by atoms with Crippen molar-refractivity contribution in [2.24, 2.45) is 0 Å². The second-order valence-electron chi connectivity index (χ2n) is 5.46. The molecule has 0 amide bonds. The van der Waals surface area contributed by atoms with Gasteiger partial charge < -0.3 is 9.67 Å². The minimum Gasteiger partial charge on any atom is -0.391 e. The molecule has 1 aromatic rings. The third-order valence-electron chi connectivity index (χ3n) is 2.93. The molecule has 0 aliphatic carbocycles. The van der Waals surface area contributed by atoms with E-state index in [1.165, 1.54) is 0 Å². The number of unbranched alkanes of at least 4 members (excludes halogenated alkanes) is 1. The summed E-state index contributed by atoms with van der Waals surface area (Å²) in [5.74, 6) is 0. The van der Waals surface area contributed by atoms with Crippen molar-refractivity contribution in [2.45, 2.75) is 59.1 Å². The number of nitrogens with zero attached hydrogens (tertiary/aromatic N) is 1. The Morgan fingerprint density at radius 3 is 2.41 bits per heavy atom. The summed E-state index contributed by atoms with van der Waals surface area (Å²) in [6, 6.07) is 3.70. The van der Waals surface area contributed by atoms with Crippen molar-refractivity contribution in [1.29, 1.82) is 0 Å². The maximum Gasteiger partial charge on any atom is 0.256 e. The average molecular weight is 237 g/mol. The van der Waals surface area contributed by atoms with Crippen LogP contribution < -0.4 is 5.56 Å². The Morgan fingerprint density at radius 1 is 1.29 bits per heavy atom. The van der Waals surface area contributed by atoms with Crippen molar-refractivity contribution < 1.29 is 5.11 Å². The van der Waals surface area contributed by atoms with Crippen molar-refractivity contribution in [3.05, 3.63) is 33.7 Å². The van der Waals surface area contributed by atoms with Gasteiger partial charge in [-0.2, -0.15) is 0 Å². The van der Waals surface area contributed by atoms with Gasteiger partial charge in [0.15, 0.2) is 0 Å². The molecule has 1 rings (SSSR count). The molecule has 17 heavy (non-hydrogen) atoms. The van der Waals surface area contributed by atoms with Crippen LogP contribution in [0, 0.1) is 0 Å². The first-order valence-corrected chi connectivity index (χ1v) is 6.26. The molecule has 0 saturated heterocycles. The lowest BCUT2D eigenvalue weighted by molar-refractivity contribution is 0.278. The van der Waals surface area contributed by atoms with Gasteiger partial charge in [-0.15, -0.1) is 0 Å². The van der Waals surface area contributed by atoms with Crippen molar-refractivity contribution >= 4 is 0 Å². The largest absolute Gasteiger partial charge is 0.391 e. The molecule has 0 atom stereocenters. The fourth-order valence-electron chi connectivity index (χ4n) is 1.94. The molecule has 0 spiro atoms. The third-order valence-corrected chi connectivity index (χ3v) is 2.93. The fourth-order valence-corrected chi connectivity index (χ4v) is 1.94. The van der Waals surface area contributed by atoms with Crippen LogP contribution in [0.1, 0.15) is 51.8 Å². The molecular formula is C14H23NO2. The number of rotatable bonds is 4. The fraction of sp³-hybridized carbons (Fsp3) is 0.643. The number of aliphatic hydroxyl groups is 1. The van der Waals surface area contributed by atoms with E-state index in [1.807, 2.05) is 10.6 Å². The highest BCUT2D eigenvalue weighted by Gasteiger charge is 2.19. The molecule has 96 valence electrons. The molecule has 0 saturated carbocycles. The Morgan fingerprint density at radius 2 is 1.94 bits per heavy atom. The van der Waals surface area contributed by atoms with E-state index in [4.69, 9.17) is 5.11 Å². The van der Waals surface area contributed by atoms with Gasteiger partial charge in [0.05, 0.1) is 6.61 Å². The summed E-state index contributed by atoms with van der Waals surface area (Å²) in [6.45, 7) is 8.96. The summed E-state index contributed by atoms with van der Waals surface area (Å²) in [6.07, 6.45) is 2.04. The van der Waals surface area contributed by atoms with Gasteiger partial charge in [-0.1, -0.05) is 34.1 Å². The molecule has 1 heterocycles. The van der Waals surface area contributed by atoms with E-state index in [9.17, 15) is 4.79 Å². The molecule has 0 radical (unpaired) electrons. The normalized spacial score (nSPS) is 11.8. The summed E-state index contributed by atoms with van der Waals surface area (Å²) in [5, 5.41) is 9.15. The molecule has 1 aromatic heterocycles. The Balaban J connectivity index is 3.31. The molecule has 1 N–H and O–H groups in total. The van der Waals surface area contributed by atoms with Crippen molar-refractivity contribution in [3.63, 3.8) is 0 Å².